The third-order valence-electron chi connectivity index (χ3n) is 3.26. The van der Waals surface area contributed by atoms with Crippen molar-refractivity contribution in [1.29, 1.82) is 5.26 Å². The largest absolute Gasteiger partial charge is 0.329 e. The molecule has 1 heterocycles. The van der Waals surface area contributed by atoms with Gasteiger partial charge in [0.15, 0.2) is 0 Å². The molecule has 0 bridgehead atoms. The van der Waals surface area contributed by atoms with Crippen molar-refractivity contribution >= 4 is 21.6 Å². The summed E-state index contributed by atoms with van der Waals surface area (Å²) in [4.78, 5) is 0.108. The molecule has 1 aromatic rings. The van der Waals surface area contributed by atoms with E-state index >= 15 is 0 Å². The van der Waals surface area contributed by atoms with Crippen molar-refractivity contribution in [1.82, 2.24) is 4.31 Å². The summed E-state index contributed by atoms with van der Waals surface area (Å²) in [5.74, 6) is 0. The number of nitriles is 1. The summed E-state index contributed by atoms with van der Waals surface area (Å²) in [6, 6.07) is 5.90. The van der Waals surface area contributed by atoms with Crippen LogP contribution in [0.2, 0.25) is 5.02 Å². The second kappa shape index (κ2) is 5.47. The molecule has 1 saturated heterocycles. The van der Waals surface area contributed by atoms with Gasteiger partial charge in [-0.3, -0.25) is 0 Å². The second-order valence-electron chi connectivity index (χ2n) is 4.40. The maximum Gasteiger partial charge on any atom is 0.243 e. The van der Waals surface area contributed by atoms with E-state index < -0.39 is 10.0 Å². The number of benzene rings is 1. The molecule has 7 heteroatoms. The Balaban J connectivity index is 2.40. The lowest BCUT2D eigenvalue weighted by atomic mass is 10.2. The maximum atomic E-state index is 12.5. The van der Waals surface area contributed by atoms with Gasteiger partial charge in [0.1, 0.15) is 6.07 Å². The Bertz CT molecular complexity index is 624. The average molecular weight is 300 g/mol. The Morgan fingerprint density at radius 1 is 1.53 bits per heavy atom. The van der Waals surface area contributed by atoms with Crippen LogP contribution in [0, 0.1) is 11.3 Å². The third kappa shape index (κ3) is 2.60. The molecule has 1 aromatic carbocycles. The summed E-state index contributed by atoms with van der Waals surface area (Å²) in [6.07, 6.45) is 1.59. The summed E-state index contributed by atoms with van der Waals surface area (Å²) in [5.41, 5.74) is 5.86. The molecule has 1 atom stereocenters. The van der Waals surface area contributed by atoms with Crippen molar-refractivity contribution in [3.63, 3.8) is 0 Å². The van der Waals surface area contributed by atoms with Crippen molar-refractivity contribution in [2.45, 2.75) is 23.8 Å². The Morgan fingerprint density at radius 3 is 2.84 bits per heavy atom. The fraction of sp³-hybridized carbons (Fsp3) is 0.417. The van der Waals surface area contributed by atoms with Crippen LogP contribution in [-0.2, 0) is 10.0 Å². The molecule has 2 rings (SSSR count). The molecule has 19 heavy (non-hydrogen) atoms. The van der Waals surface area contributed by atoms with Crippen LogP contribution in [0.1, 0.15) is 18.4 Å². The van der Waals surface area contributed by atoms with Crippen LogP contribution in [0.4, 0.5) is 0 Å². The van der Waals surface area contributed by atoms with Gasteiger partial charge in [0, 0.05) is 19.1 Å². The number of hydrogen-bond acceptors (Lipinski definition) is 4. The average Bonchev–Trinajstić information content (AvgIpc) is 2.87. The number of sulfonamides is 1. The minimum absolute atomic E-state index is 0.108. The Hall–Kier alpha value is -1.13. The van der Waals surface area contributed by atoms with Crippen molar-refractivity contribution in [3.05, 3.63) is 28.8 Å². The number of halogens is 1. The van der Waals surface area contributed by atoms with E-state index in [0.717, 1.165) is 12.8 Å². The molecule has 102 valence electrons. The first-order valence-electron chi connectivity index (χ1n) is 5.92. The van der Waals surface area contributed by atoms with Gasteiger partial charge in [-0.1, -0.05) is 11.6 Å². The third-order valence-corrected chi connectivity index (χ3v) is 5.52. The van der Waals surface area contributed by atoms with Gasteiger partial charge in [-0.2, -0.15) is 9.57 Å². The molecule has 1 unspecified atom stereocenters. The molecule has 1 aliphatic rings. The molecule has 2 N–H and O–H groups in total. The van der Waals surface area contributed by atoms with E-state index in [1.54, 1.807) is 0 Å². The van der Waals surface area contributed by atoms with Gasteiger partial charge in [0.25, 0.3) is 0 Å². The lowest BCUT2D eigenvalue weighted by molar-refractivity contribution is 0.393. The topological polar surface area (TPSA) is 87.2 Å². The van der Waals surface area contributed by atoms with E-state index in [9.17, 15) is 8.42 Å². The fourth-order valence-electron chi connectivity index (χ4n) is 2.24. The van der Waals surface area contributed by atoms with Crippen LogP contribution in [0.3, 0.4) is 0 Å². The fourth-order valence-corrected chi connectivity index (χ4v) is 4.26. The summed E-state index contributed by atoms with van der Waals surface area (Å²) >= 11 is 5.88. The molecule has 0 radical (unpaired) electrons. The molecule has 1 aliphatic heterocycles. The number of nitrogens with zero attached hydrogens (tertiary/aromatic N) is 2. The van der Waals surface area contributed by atoms with Crippen molar-refractivity contribution in [2.75, 3.05) is 13.1 Å². The van der Waals surface area contributed by atoms with Crippen molar-refractivity contribution in [2.24, 2.45) is 5.73 Å². The van der Waals surface area contributed by atoms with Crippen LogP contribution >= 0.6 is 11.6 Å². The van der Waals surface area contributed by atoms with E-state index in [1.165, 1.54) is 22.5 Å². The summed E-state index contributed by atoms with van der Waals surface area (Å²) in [5, 5.41) is 8.94. The summed E-state index contributed by atoms with van der Waals surface area (Å²) in [7, 11) is -3.59. The summed E-state index contributed by atoms with van der Waals surface area (Å²) < 4.78 is 26.4. The van der Waals surface area contributed by atoms with E-state index in [1.807, 2.05) is 6.07 Å². The number of nitrogens with two attached hydrogens (primary N) is 1. The van der Waals surface area contributed by atoms with Crippen LogP contribution in [0.5, 0.6) is 0 Å². The van der Waals surface area contributed by atoms with Gasteiger partial charge >= 0.3 is 0 Å². The van der Waals surface area contributed by atoms with Gasteiger partial charge in [0.2, 0.25) is 10.0 Å². The standard InChI is InChI=1S/C12H14ClN3O2S/c13-12-6-11(4-3-9(12)7-14)19(17,18)16-5-1-2-10(16)8-15/h3-4,6,10H,1-2,5,8,15H2. The Morgan fingerprint density at radius 2 is 2.26 bits per heavy atom. The first kappa shape index (κ1) is 14.3. The summed E-state index contributed by atoms with van der Waals surface area (Å²) in [6.45, 7) is 0.783. The first-order valence-corrected chi connectivity index (χ1v) is 7.74. The van der Waals surface area contributed by atoms with E-state index in [0.29, 0.717) is 13.1 Å². The Kier molecular flexibility index (Phi) is 4.11. The van der Waals surface area contributed by atoms with Crippen LogP contribution < -0.4 is 5.73 Å². The maximum absolute atomic E-state index is 12.5. The predicted octanol–water partition coefficient (Wildman–Crippen LogP) is 1.32. The van der Waals surface area contributed by atoms with E-state index in [-0.39, 0.29) is 21.5 Å². The predicted molar refractivity (Wildman–Crippen MR) is 72.1 cm³/mol. The molecule has 0 spiro atoms. The molecule has 0 saturated carbocycles. The van der Waals surface area contributed by atoms with Gasteiger partial charge in [-0.15, -0.1) is 0 Å². The minimum Gasteiger partial charge on any atom is -0.329 e. The zero-order valence-corrected chi connectivity index (χ0v) is 11.8. The van der Waals surface area contributed by atoms with Gasteiger partial charge in [0.05, 0.1) is 15.5 Å². The second-order valence-corrected chi connectivity index (χ2v) is 6.70. The van der Waals surface area contributed by atoms with Gasteiger partial charge in [-0.25, -0.2) is 8.42 Å². The first-order chi connectivity index (χ1) is 9.00. The molecule has 1 fully saturated rings. The highest BCUT2D eigenvalue weighted by molar-refractivity contribution is 7.89. The highest BCUT2D eigenvalue weighted by atomic mass is 35.5. The molecule has 0 aliphatic carbocycles. The van der Waals surface area contributed by atoms with Crippen LogP contribution in [0.25, 0.3) is 0 Å². The van der Waals surface area contributed by atoms with Crippen molar-refractivity contribution in [3.8, 4) is 6.07 Å². The SMILES string of the molecule is N#Cc1ccc(S(=O)(=O)N2CCCC2CN)cc1Cl. The van der Waals surface area contributed by atoms with Crippen LogP contribution in [-0.4, -0.2) is 31.9 Å². The molecule has 0 aromatic heterocycles. The van der Waals surface area contributed by atoms with E-state index in [2.05, 4.69) is 0 Å². The minimum atomic E-state index is -3.59. The zero-order valence-electron chi connectivity index (χ0n) is 10.2. The molecular weight excluding hydrogens is 286 g/mol. The number of hydrogen-bond donors (Lipinski definition) is 1. The monoisotopic (exact) mass is 299 g/mol. The zero-order chi connectivity index (χ0) is 14.0. The normalized spacial score (nSPS) is 20.4. The lowest BCUT2D eigenvalue weighted by Crippen LogP contribution is -2.39. The van der Waals surface area contributed by atoms with Gasteiger partial charge < -0.3 is 5.73 Å². The number of rotatable bonds is 3. The van der Waals surface area contributed by atoms with E-state index in [4.69, 9.17) is 22.6 Å². The van der Waals surface area contributed by atoms with Crippen molar-refractivity contribution < 1.29 is 8.42 Å². The smallest absolute Gasteiger partial charge is 0.243 e. The molecule has 5 nitrogen and oxygen atoms in total. The highest BCUT2D eigenvalue weighted by Gasteiger charge is 2.34. The van der Waals surface area contributed by atoms with Gasteiger partial charge in [-0.05, 0) is 31.0 Å². The van der Waals surface area contributed by atoms with Crippen LogP contribution in [0.15, 0.2) is 23.1 Å². The highest BCUT2D eigenvalue weighted by Crippen LogP contribution is 2.28. The lowest BCUT2D eigenvalue weighted by Gasteiger charge is -2.22. The molecule has 0 amide bonds. The Labute approximate surface area is 117 Å². The molecular formula is C12H14ClN3O2S. The quantitative estimate of drug-likeness (QED) is 0.912.